The molecule has 8 heteroatoms. The number of nitrogens with one attached hydrogen (secondary N) is 1. The summed E-state index contributed by atoms with van der Waals surface area (Å²) in [7, 11) is -3.76. The number of hydrogen-bond donors (Lipinski definition) is 1. The van der Waals surface area contributed by atoms with Gasteiger partial charge in [0.15, 0.2) is 0 Å². The van der Waals surface area contributed by atoms with Crippen molar-refractivity contribution in [1.29, 1.82) is 0 Å². The van der Waals surface area contributed by atoms with Crippen molar-refractivity contribution in [3.8, 4) is 0 Å². The number of rotatable bonds is 5. The van der Waals surface area contributed by atoms with Crippen molar-refractivity contribution < 1.29 is 13.2 Å². The van der Waals surface area contributed by atoms with Gasteiger partial charge in [0.25, 0.3) is 0 Å². The molecule has 0 aliphatic carbocycles. The lowest BCUT2D eigenvalue weighted by Gasteiger charge is -2.33. The topological polar surface area (TPSA) is 66.5 Å². The van der Waals surface area contributed by atoms with Crippen LogP contribution in [0.3, 0.4) is 0 Å². The van der Waals surface area contributed by atoms with E-state index in [1.807, 2.05) is 24.3 Å². The highest BCUT2D eigenvalue weighted by Crippen LogP contribution is 2.26. The van der Waals surface area contributed by atoms with E-state index in [2.05, 4.69) is 21.2 Å². The summed E-state index contributed by atoms with van der Waals surface area (Å²) >= 11 is 9.26. The van der Waals surface area contributed by atoms with Gasteiger partial charge in [0, 0.05) is 22.6 Å². The molecule has 2 aromatic rings. The number of carbonyl (C=O) groups is 1. The van der Waals surface area contributed by atoms with E-state index >= 15 is 0 Å². The molecule has 1 amide bonds. The maximum absolute atomic E-state index is 13.0. The van der Waals surface area contributed by atoms with Gasteiger partial charge in [-0.25, -0.2) is 8.42 Å². The van der Waals surface area contributed by atoms with Gasteiger partial charge in [-0.3, -0.25) is 4.79 Å². The van der Waals surface area contributed by atoms with Crippen molar-refractivity contribution in [2.24, 2.45) is 0 Å². The molecule has 1 fully saturated rings. The molecule has 0 bridgehead atoms. The van der Waals surface area contributed by atoms with Crippen molar-refractivity contribution in [1.82, 2.24) is 9.62 Å². The molecule has 1 unspecified atom stereocenters. The summed E-state index contributed by atoms with van der Waals surface area (Å²) in [6.07, 6.45) is 2.07. The Balaban J connectivity index is 1.76. The van der Waals surface area contributed by atoms with Gasteiger partial charge in [-0.05, 0) is 54.8 Å². The van der Waals surface area contributed by atoms with E-state index in [4.69, 9.17) is 11.6 Å². The summed E-state index contributed by atoms with van der Waals surface area (Å²) in [5.74, 6) is -0.271. The van der Waals surface area contributed by atoms with Crippen LogP contribution < -0.4 is 5.32 Å². The Hall–Kier alpha value is -1.41. The quantitative estimate of drug-likeness (QED) is 0.718. The Bertz CT molecular complexity index is 919. The Morgan fingerprint density at radius 1 is 1.19 bits per heavy atom. The average molecular weight is 472 g/mol. The maximum Gasteiger partial charge on any atom is 0.243 e. The third kappa shape index (κ3) is 4.90. The summed E-state index contributed by atoms with van der Waals surface area (Å²) < 4.78 is 28.3. The number of piperidine rings is 1. The lowest BCUT2D eigenvalue weighted by atomic mass is 10.0. The normalized spacial score (nSPS) is 18.2. The summed E-state index contributed by atoms with van der Waals surface area (Å²) in [5, 5.41) is 3.34. The van der Waals surface area contributed by atoms with E-state index in [9.17, 15) is 13.2 Å². The van der Waals surface area contributed by atoms with E-state index in [-0.39, 0.29) is 10.8 Å². The Labute approximate surface area is 172 Å². The first kappa shape index (κ1) is 20.3. The van der Waals surface area contributed by atoms with Crippen LogP contribution in [0.5, 0.6) is 0 Å². The fourth-order valence-electron chi connectivity index (χ4n) is 3.15. The molecule has 2 aromatic carbocycles. The second-order valence-electron chi connectivity index (χ2n) is 6.43. The predicted molar refractivity (Wildman–Crippen MR) is 109 cm³/mol. The van der Waals surface area contributed by atoms with Gasteiger partial charge in [0.2, 0.25) is 15.9 Å². The van der Waals surface area contributed by atoms with Crippen molar-refractivity contribution in [2.45, 2.75) is 36.7 Å². The van der Waals surface area contributed by atoms with Crippen LogP contribution in [0.1, 0.15) is 24.8 Å². The van der Waals surface area contributed by atoms with Gasteiger partial charge in [-0.15, -0.1) is 0 Å². The van der Waals surface area contributed by atoms with Crippen LogP contribution in [0.2, 0.25) is 5.02 Å². The number of carbonyl (C=O) groups excluding carboxylic acids is 1. The molecular weight excluding hydrogens is 452 g/mol. The molecule has 1 atom stereocenters. The SMILES string of the molecule is O=C(NCc1cccc(Br)c1)C1CCCCN1S(=O)(=O)c1ccc(Cl)cc1. The molecule has 0 aromatic heterocycles. The van der Waals surface area contributed by atoms with Crippen LogP contribution >= 0.6 is 27.5 Å². The van der Waals surface area contributed by atoms with Crippen molar-refractivity contribution >= 4 is 43.5 Å². The zero-order chi connectivity index (χ0) is 19.4. The van der Waals surface area contributed by atoms with Gasteiger partial charge >= 0.3 is 0 Å². The molecule has 0 saturated carbocycles. The highest BCUT2D eigenvalue weighted by atomic mass is 79.9. The van der Waals surface area contributed by atoms with E-state index in [0.29, 0.717) is 24.5 Å². The van der Waals surface area contributed by atoms with E-state index < -0.39 is 16.1 Å². The fourth-order valence-corrected chi connectivity index (χ4v) is 5.38. The van der Waals surface area contributed by atoms with Gasteiger partial charge in [-0.2, -0.15) is 4.31 Å². The third-order valence-corrected chi connectivity index (χ3v) is 7.20. The molecule has 1 aliphatic rings. The maximum atomic E-state index is 13.0. The second kappa shape index (κ2) is 8.73. The van der Waals surface area contributed by atoms with E-state index in [0.717, 1.165) is 22.9 Å². The van der Waals surface area contributed by atoms with Gasteiger partial charge < -0.3 is 5.32 Å². The smallest absolute Gasteiger partial charge is 0.243 e. The largest absolute Gasteiger partial charge is 0.351 e. The minimum absolute atomic E-state index is 0.151. The van der Waals surface area contributed by atoms with Gasteiger partial charge in [-0.1, -0.05) is 46.1 Å². The van der Waals surface area contributed by atoms with E-state index in [1.165, 1.54) is 16.4 Å². The number of halogens is 2. The third-order valence-electron chi connectivity index (χ3n) is 4.53. The Kier molecular flexibility index (Phi) is 6.57. The monoisotopic (exact) mass is 470 g/mol. The molecule has 0 spiro atoms. The van der Waals surface area contributed by atoms with Crippen molar-refractivity contribution in [3.63, 3.8) is 0 Å². The van der Waals surface area contributed by atoms with Crippen molar-refractivity contribution in [3.05, 3.63) is 63.6 Å². The Morgan fingerprint density at radius 3 is 2.63 bits per heavy atom. The summed E-state index contributed by atoms with van der Waals surface area (Å²) in [6, 6.07) is 13.0. The number of nitrogens with zero attached hydrogens (tertiary/aromatic N) is 1. The first-order chi connectivity index (χ1) is 12.9. The molecule has 3 rings (SSSR count). The predicted octanol–water partition coefficient (Wildman–Crippen LogP) is 3.96. The number of hydrogen-bond acceptors (Lipinski definition) is 3. The van der Waals surface area contributed by atoms with Crippen LogP contribution in [0.25, 0.3) is 0 Å². The summed E-state index contributed by atoms with van der Waals surface area (Å²) in [5.41, 5.74) is 0.945. The molecule has 144 valence electrons. The van der Waals surface area contributed by atoms with Crippen molar-refractivity contribution in [2.75, 3.05) is 6.54 Å². The number of benzene rings is 2. The summed E-state index contributed by atoms with van der Waals surface area (Å²) in [6.45, 7) is 0.684. The van der Waals surface area contributed by atoms with Gasteiger partial charge in [0.1, 0.15) is 6.04 Å². The van der Waals surface area contributed by atoms with Gasteiger partial charge in [0.05, 0.1) is 4.90 Å². The molecule has 1 aliphatic heterocycles. The molecule has 1 N–H and O–H groups in total. The standard InChI is InChI=1S/C19H20BrClN2O3S/c20-15-5-3-4-14(12-15)13-22-19(24)18-6-1-2-11-23(18)27(25,26)17-9-7-16(21)8-10-17/h3-5,7-10,12,18H,1-2,6,11,13H2,(H,22,24). The molecule has 5 nitrogen and oxygen atoms in total. The second-order valence-corrected chi connectivity index (χ2v) is 9.67. The van der Waals surface area contributed by atoms with Crippen LogP contribution in [-0.2, 0) is 21.4 Å². The molecule has 27 heavy (non-hydrogen) atoms. The minimum atomic E-state index is -3.76. The van der Waals surface area contributed by atoms with Crippen LogP contribution in [0, 0.1) is 0 Å². The lowest BCUT2D eigenvalue weighted by Crippen LogP contribution is -2.51. The zero-order valence-corrected chi connectivity index (χ0v) is 17.7. The van der Waals surface area contributed by atoms with E-state index in [1.54, 1.807) is 12.1 Å². The van der Waals surface area contributed by atoms with Crippen LogP contribution in [0.4, 0.5) is 0 Å². The first-order valence-electron chi connectivity index (χ1n) is 8.67. The highest BCUT2D eigenvalue weighted by Gasteiger charge is 2.37. The van der Waals surface area contributed by atoms with Crippen LogP contribution in [-0.4, -0.2) is 31.2 Å². The minimum Gasteiger partial charge on any atom is -0.351 e. The highest BCUT2D eigenvalue weighted by molar-refractivity contribution is 9.10. The molecule has 1 saturated heterocycles. The number of amides is 1. The molecule has 0 radical (unpaired) electrons. The Morgan fingerprint density at radius 2 is 1.93 bits per heavy atom. The average Bonchev–Trinajstić information content (AvgIpc) is 2.66. The molecular formula is C19H20BrClN2O3S. The number of sulfonamides is 1. The lowest BCUT2D eigenvalue weighted by molar-refractivity contribution is -0.125. The first-order valence-corrected chi connectivity index (χ1v) is 11.3. The van der Waals surface area contributed by atoms with Crippen LogP contribution in [0.15, 0.2) is 57.9 Å². The zero-order valence-electron chi connectivity index (χ0n) is 14.6. The summed E-state index contributed by atoms with van der Waals surface area (Å²) in [4.78, 5) is 12.9. The molecule has 1 heterocycles. The fraction of sp³-hybridized carbons (Fsp3) is 0.316.